The maximum absolute atomic E-state index is 10.7. The molecular weight excluding hydrogens is 318 g/mol. The Hall–Kier alpha value is -1.05. The minimum Gasteiger partial charge on any atom is -0.481 e. The molecule has 0 saturated heterocycles. The summed E-state index contributed by atoms with van der Waals surface area (Å²) in [6, 6.07) is 3.81. The standard InChI is InChI=1S/C12H14ClN3O2S2/c1-7(2)11-14-15-12(19-6-10(17)18)16(11)5-8-3-4-9(13)20-8/h3-4,7H,5-6H2,1-2H3,(H,17,18). The van der Waals surface area contributed by atoms with E-state index in [1.807, 2.05) is 30.5 Å². The van der Waals surface area contributed by atoms with Gasteiger partial charge in [0.2, 0.25) is 0 Å². The van der Waals surface area contributed by atoms with Crippen molar-refractivity contribution >= 4 is 40.7 Å². The number of aromatic nitrogens is 3. The zero-order valence-electron chi connectivity index (χ0n) is 11.0. The third kappa shape index (κ3) is 3.74. The predicted molar refractivity (Wildman–Crippen MR) is 80.9 cm³/mol. The molecule has 2 aromatic rings. The molecule has 0 spiro atoms. The monoisotopic (exact) mass is 331 g/mol. The van der Waals surface area contributed by atoms with Crippen LogP contribution in [-0.4, -0.2) is 31.6 Å². The molecular formula is C12H14ClN3O2S2. The van der Waals surface area contributed by atoms with Gasteiger partial charge in [-0.05, 0) is 12.1 Å². The first kappa shape index (κ1) is 15.3. The maximum Gasteiger partial charge on any atom is 0.313 e. The first-order valence-electron chi connectivity index (χ1n) is 5.99. The summed E-state index contributed by atoms with van der Waals surface area (Å²) in [7, 11) is 0. The van der Waals surface area contributed by atoms with Crippen LogP contribution >= 0.6 is 34.7 Å². The van der Waals surface area contributed by atoms with Gasteiger partial charge in [0.15, 0.2) is 5.16 Å². The Labute approximate surface area is 130 Å². The number of carboxylic acids is 1. The highest BCUT2D eigenvalue weighted by Gasteiger charge is 2.17. The van der Waals surface area contributed by atoms with Crippen molar-refractivity contribution in [2.24, 2.45) is 0 Å². The fourth-order valence-electron chi connectivity index (χ4n) is 1.70. The van der Waals surface area contributed by atoms with Crippen LogP contribution in [0.1, 0.15) is 30.5 Å². The summed E-state index contributed by atoms with van der Waals surface area (Å²) in [4.78, 5) is 11.8. The van der Waals surface area contributed by atoms with Crippen LogP contribution in [0.2, 0.25) is 4.34 Å². The van der Waals surface area contributed by atoms with Gasteiger partial charge >= 0.3 is 5.97 Å². The largest absolute Gasteiger partial charge is 0.481 e. The number of halogens is 1. The Morgan fingerprint density at radius 2 is 2.25 bits per heavy atom. The van der Waals surface area contributed by atoms with Crippen LogP contribution in [0.15, 0.2) is 17.3 Å². The Morgan fingerprint density at radius 3 is 2.80 bits per heavy atom. The molecule has 0 fully saturated rings. The molecule has 0 aliphatic carbocycles. The predicted octanol–water partition coefficient (Wildman–Crippen LogP) is 3.34. The van der Waals surface area contributed by atoms with E-state index in [0.29, 0.717) is 11.7 Å². The van der Waals surface area contributed by atoms with Gasteiger partial charge in [0.1, 0.15) is 5.82 Å². The minimum absolute atomic E-state index is 0.0264. The first-order chi connectivity index (χ1) is 9.47. The lowest BCUT2D eigenvalue weighted by atomic mass is 10.2. The van der Waals surface area contributed by atoms with Crippen molar-refractivity contribution in [1.82, 2.24) is 14.8 Å². The van der Waals surface area contributed by atoms with Gasteiger partial charge in [0.25, 0.3) is 0 Å². The molecule has 1 N–H and O–H groups in total. The highest BCUT2D eigenvalue weighted by molar-refractivity contribution is 7.99. The topological polar surface area (TPSA) is 68.0 Å². The third-order valence-corrected chi connectivity index (χ3v) is 4.70. The van der Waals surface area contributed by atoms with Gasteiger partial charge in [-0.2, -0.15) is 0 Å². The molecule has 2 rings (SSSR count). The zero-order chi connectivity index (χ0) is 14.7. The van der Waals surface area contributed by atoms with Crippen LogP contribution in [0.4, 0.5) is 0 Å². The molecule has 2 aromatic heterocycles. The number of rotatable bonds is 6. The Morgan fingerprint density at radius 1 is 1.50 bits per heavy atom. The fraction of sp³-hybridized carbons (Fsp3) is 0.417. The van der Waals surface area contributed by atoms with Crippen molar-refractivity contribution in [3.05, 3.63) is 27.2 Å². The van der Waals surface area contributed by atoms with E-state index in [9.17, 15) is 4.79 Å². The summed E-state index contributed by atoms with van der Waals surface area (Å²) in [5.41, 5.74) is 0. The van der Waals surface area contributed by atoms with E-state index in [0.717, 1.165) is 15.0 Å². The molecule has 5 nitrogen and oxygen atoms in total. The van der Waals surface area contributed by atoms with E-state index in [2.05, 4.69) is 10.2 Å². The lowest BCUT2D eigenvalue weighted by Crippen LogP contribution is -2.08. The van der Waals surface area contributed by atoms with Crippen molar-refractivity contribution < 1.29 is 9.90 Å². The molecule has 0 aliphatic rings. The number of nitrogens with zero attached hydrogens (tertiary/aromatic N) is 3. The van der Waals surface area contributed by atoms with Crippen molar-refractivity contribution in [3.8, 4) is 0 Å². The number of carboxylic acid groups (broad SMARTS) is 1. The van der Waals surface area contributed by atoms with Gasteiger partial charge in [0, 0.05) is 10.8 Å². The molecule has 0 unspecified atom stereocenters. The molecule has 108 valence electrons. The van der Waals surface area contributed by atoms with Gasteiger partial charge in [-0.25, -0.2) is 0 Å². The van der Waals surface area contributed by atoms with E-state index in [-0.39, 0.29) is 11.7 Å². The highest BCUT2D eigenvalue weighted by Crippen LogP contribution is 2.26. The molecule has 0 bridgehead atoms. The second-order valence-electron chi connectivity index (χ2n) is 4.47. The summed E-state index contributed by atoms with van der Waals surface area (Å²) in [5, 5.41) is 17.7. The molecule has 0 saturated carbocycles. The molecule has 0 atom stereocenters. The van der Waals surface area contributed by atoms with E-state index in [1.54, 1.807) is 0 Å². The van der Waals surface area contributed by atoms with Crippen LogP contribution in [0, 0.1) is 0 Å². The summed E-state index contributed by atoms with van der Waals surface area (Å²) in [6.45, 7) is 4.68. The van der Waals surface area contributed by atoms with Crippen LogP contribution in [0.5, 0.6) is 0 Å². The summed E-state index contributed by atoms with van der Waals surface area (Å²) in [6.07, 6.45) is 0. The first-order valence-corrected chi connectivity index (χ1v) is 8.17. The number of carbonyl (C=O) groups is 1. The molecule has 0 amide bonds. The quantitative estimate of drug-likeness (QED) is 0.822. The molecule has 0 aromatic carbocycles. The van der Waals surface area contributed by atoms with Crippen LogP contribution in [0.3, 0.4) is 0 Å². The van der Waals surface area contributed by atoms with Gasteiger partial charge in [-0.3, -0.25) is 4.79 Å². The van der Waals surface area contributed by atoms with Gasteiger partial charge in [-0.15, -0.1) is 21.5 Å². The Kier molecular flexibility index (Phi) is 5.06. The smallest absolute Gasteiger partial charge is 0.313 e. The lowest BCUT2D eigenvalue weighted by Gasteiger charge is -2.10. The van der Waals surface area contributed by atoms with Crippen molar-refractivity contribution in [1.29, 1.82) is 0 Å². The Bertz CT molecular complexity index is 610. The Balaban J connectivity index is 2.26. The van der Waals surface area contributed by atoms with E-state index in [1.165, 1.54) is 23.1 Å². The van der Waals surface area contributed by atoms with Gasteiger partial charge in [0.05, 0.1) is 16.6 Å². The minimum atomic E-state index is -0.866. The molecule has 20 heavy (non-hydrogen) atoms. The number of hydrogen-bond acceptors (Lipinski definition) is 5. The summed E-state index contributed by atoms with van der Waals surface area (Å²) >= 11 is 8.62. The van der Waals surface area contributed by atoms with Crippen molar-refractivity contribution in [3.63, 3.8) is 0 Å². The molecule has 2 heterocycles. The number of hydrogen-bond donors (Lipinski definition) is 1. The SMILES string of the molecule is CC(C)c1nnc(SCC(=O)O)n1Cc1ccc(Cl)s1. The maximum atomic E-state index is 10.7. The van der Waals surface area contributed by atoms with Crippen LogP contribution in [-0.2, 0) is 11.3 Å². The second-order valence-corrected chi connectivity index (χ2v) is 7.21. The fourth-order valence-corrected chi connectivity index (χ4v) is 3.44. The second kappa shape index (κ2) is 6.60. The van der Waals surface area contributed by atoms with E-state index in [4.69, 9.17) is 16.7 Å². The average Bonchev–Trinajstić information content (AvgIpc) is 2.94. The van der Waals surface area contributed by atoms with Gasteiger partial charge < -0.3 is 9.67 Å². The normalized spacial score (nSPS) is 11.2. The molecule has 0 radical (unpaired) electrons. The van der Waals surface area contributed by atoms with E-state index >= 15 is 0 Å². The number of thioether (sulfide) groups is 1. The number of thiophene rings is 1. The highest BCUT2D eigenvalue weighted by atomic mass is 35.5. The molecule has 8 heteroatoms. The van der Waals surface area contributed by atoms with Crippen LogP contribution in [0.25, 0.3) is 0 Å². The zero-order valence-corrected chi connectivity index (χ0v) is 13.4. The number of aliphatic carboxylic acids is 1. The van der Waals surface area contributed by atoms with Crippen molar-refractivity contribution in [2.45, 2.75) is 31.5 Å². The van der Waals surface area contributed by atoms with E-state index < -0.39 is 5.97 Å². The molecule has 0 aliphatic heterocycles. The lowest BCUT2D eigenvalue weighted by molar-refractivity contribution is -0.133. The van der Waals surface area contributed by atoms with Crippen molar-refractivity contribution in [2.75, 3.05) is 5.75 Å². The van der Waals surface area contributed by atoms with Crippen LogP contribution < -0.4 is 0 Å². The summed E-state index contributed by atoms with van der Waals surface area (Å²) < 4.78 is 2.69. The van der Waals surface area contributed by atoms with Gasteiger partial charge in [-0.1, -0.05) is 37.2 Å². The third-order valence-electron chi connectivity index (χ3n) is 2.53. The summed E-state index contributed by atoms with van der Waals surface area (Å²) in [5.74, 6) is 0.177. The average molecular weight is 332 g/mol.